The zero-order valence-corrected chi connectivity index (χ0v) is 15.3. The summed E-state index contributed by atoms with van der Waals surface area (Å²) >= 11 is 11.6. The number of rotatable bonds is 3. The number of carbonyl (C=O) groups is 1. The van der Waals surface area contributed by atoms with Crippen molar-refractivity contribution in [2.45, 2.75) is 6.18 Å². The average molecular weight is 425 g/mol. The van der Waals surface area contributed by atoms with Gasteiger partial charge in [-0.1, -0.05) is 23.2 Å². The van der Waals surface area contributed by atoms with Crippen LogP contribution in [0.25, 0.3) is 5.69 Å². The second-order valence-electron chi connectivity index (χ2n) is 5.55. The van der Waals surface area contributed by atoms with Crippen LogP contribution in [0.4, 0.5) is 18.9 Å². The molecule has 0 spiro atoms. The van der Waals surface area contributed by atoms with E-state index in [9.17, 15) is 18.0 Å². The Balaban J connectivity index is 2.01. The SMILES string of the molecule is N#Cc1cc(NC(=O)c2cnn(-c3ccc(Cl)cc3)c2C(F)(F)F)ccc1Cl. The number of hydrogen-bond acceptors (Lipinski definition) is 3. The molecule has 0 atom stereocenters. The molecule has 0 saturated carbocycles. The maximum absolute atomic E-state index is 13.7. The van der Waals surface area contributed by atoms with Crippen LogP contribution in [0.2, 0.25) is 10.0 Å². The number of aromatic nitrogens is 2. The standard InChI is InChI=1S/C18H9Cl2F3N4O/c19-11-1-4-13(5-2-11)27-16(18(21,22)23)14(9-25-27)17(28)26-12-3-6-15(20)10(7-12)8-24/h1-7,9H,(H,26,28). The van der Waals surface area contributed by atoms with E-state index in [0.717, 1.165) is 6.20 Å². The van der Waals surface area contributed by atoms with Crippen LogP contribution in [-0.4, -0.2) is 15.7 Å². The fourth-order valence-electron chi connectivity index (χ4n) is 2.45. The molecule has 10 heteroatoms. The Labute approximate surface area is 166 Å². The average Bonchev–Trinajstić information content (AvgIpc) is 3.09. The molecule has 5 nitrogen and oxygen atoms in total. The fourth-order valence-corrected chi connectivity index (χ4v) is 2.74. The lowest BCUT2D eigenvalue weighted by atomic mass is 10.2. The van der Waals surface area contributed by atoms with Crippen LogP contribution in [0.3, 0.4) is 0 Å². The fraction of sp³-hybridized carbons (Fsp3) is 0.0556. The van der Waals surface area contributed by atoms with Gasteiger partial charge in [-0.25, -0.2) is 4.68 Å². The van der Waals surface area contributed by atoms with Gasteiger partial charge >= 0.3 is 6.18 Å². The van der Waals surface area contributed by atoms with Crippen LogP contribution in [-0.2, 0) is 6.18 Å². The Hall–Kier alpha value is -3.02. The third-order valence-corrected chi connectivity index (χ3v) is 4.28. The van der Waals surface area contributed by atoms with Crippen molar-refractivity contribution in [3.8, 4) is 11.8 Å². The lowest BCUT2D eigenvalue weighted by molar-refractivity contribution is -0.143. The first-order valence-electron chi connectivity index (χ1n) is 7.63. The largest absolute Gasteiger partial charge is 0.434 e. The van der Waals surface area contributed by atoms with Gasteiger partial charge < -0.3 is 5.32 Å². The van der Waals surface area contributed by atoms with Crippen LogP contribution in [0.5, 0.6) is 0 Å². The Morgan fingerprint density at radius 2 is 1.82 bits per heavy atom. The van der Waals surface area contributed by atoms with E-state index in [1.807, 2.05) is 6.07 Å². The summed E-state index contributed by atoms with van der Waals surface area (Å²) in [5.41, 5.74) is -1.61. The first kappa shape index (κ1) is 19.7. The number of carbonyl (C=O) groups excluding carboxylic acids is 1. The summed E-state index contributed by atoms with van der Waals surface area (Å²) in [6.07, 6.45) is -4.02. The molecule has 2 aromatic carbocycles. The van der Waals surface area contributed by atoms with E-state index in [1.54, 1.807) is 0 Å². The van der Waals surface area contributed by atoms with Crippen molar-refractivity contribution < 1.29 is 18.0 Å². The highest BCUT2D eigenvalue weighted by molar-refractivity contribution is 6.31. The lowest BCUT2D eigenvalue weighted by Gasteiger charge is -2.13. The van der Waals surface area contributed by atoms with Gasteiger partial charge in [0.25, 0.3) is 5.91 Å². The molecule has 1 aromatic heterocycles. The number of nitriles is 1. The summed E-state index contributed by atoms with van der Waals surface area (Å²) in [7, 11) is 0. The maximum atomic E-state index is 13.7. The van der Waals surface area contributed by atoms with E-state index in [2.05, 4.69) is 10.4 Å². The summed E-state index contributed by atoms with van der Waals surface area (Å²) < 4.78 is 41.6. The lowest BCUT2D eigenvalue weighted by Crippen LogP contribution is -2.20. The second-order valence-corrected chi connectivity index (χ2v) is 6.40. The van der Waals surface area contributed by atoms with Gasteiger partial charge in [-0.2, -0.15) is 23.5 Å². The van der Waals surface area contributed by atoms with E-state index in [0.29, 0.717) is 9.70 Å². The summed E-state index contributed by atoms with van der Waals surface area (Å²) in [6, 6.07) is 11.3. The first-order chi connectivity index (χ1) is 13.2. The van der Waals surface area contributed by atoms with Crippen LogP contribution in [0.15, 0.2) is 48.7 Å². The minimum absolute atomic E-state index is 0.0763. The molecular formula is C18H9Cl2F3N4O. The Bertz CT molecular complexity index is 1090. The number of alkyl halides is 3. The molecule has 0 bridgehead atoms. The zero-order valence-electron chi connectivity index (χ0n) is 13.8. The molecule has 28 heavy (non-hydrogen) atoms. The predicted octanol–water partition coefficient (Wildman–Crippen LogP) is 5.32. The number of amides is 1. The summed E-state index contributed by atoms with van der Waals surface area (Å²) in [4.78, 5) is 12.5. The normalized spacial score (nSPS) is 11.1. The Morgan fingerprint density at radius 1 is 1.14 bits per heavy atom. The highest BCUT2D eigenvalue weighted by Crippen LogP contribution is 2.34. The van der Waals surface area contributed by atoms with Crippen LogP contribution >= 0.6 is 23.2 Å². The third kappa shape index (κ3) is 3.96. The summed E-state index contributed by atoms with van der Waals surface area (Å²) in [5, 5.41) is 15.5. The molecular weight excluding hydrogens is 416 g/mol. The number of hydrogen-bond donors (Lipinski definition) is 1. The molecule has 0 radical (unpaired) electrons. The van der Waals surface area contributed by atoms with Gasteiger partial charge in [0.2, 0.25) is 0 Å². The smallest absolute Gasteiger partial charge is 0.322 e. The molecule has 0 fully saturated rings. The van der Waals surface area contributed by atoms with Crippen molar-refractivity contribution >= 4 is 34.8 Å². The second kappa shape index (κ2) is 7.54. The molecule has 142 valence electrons. The Morgan fingerprint density at radius 3 is 2.43 bits per heavy atom. The van der Waals surface area contributed by atoms with Crippen molar-refractivity contribution in [2.24, 2.45) is 0 Å². The number of benzene rings is 2. The van der Waals surface area contributed by atoms with Crippen LogP contribution < -0.4 is 5.32 Å². The highest BCUT2D eigenvalue weighted by Gasteiger charge is 2.40. The molecule has 3 rings (SSSR count). The van der Waals surface area contributed by atoms with Gasteiger partial charge in [-0.3, -0.25) is 4.79 Å². The van der Waals surface area contributed by atoms with E-state index in [4.69, 9.17) is 28.5 Å². The van der Waals surface area contributed by atoms with Crippen molar-refractivity contribution in [1.82, 2.24) is 9.78 Å². The van der Waals surface area contributed by atoms with Gasteiger partial charge in [0.05, 0.1) is 28.0 Å². The van der Waals surface area contributed by atoms with Crippen molar-refractivity contribution in [3.63, 3.8) is 0 Å². The number of nitrogens with zero attached hydrogens (tertiary/aromatic N) is 3. The monoisotopic (exact) mass is 424 g/mol. The molecule has 0 aliphatic rings. The van der Waals surface area contributed by atoms with Gasteiger partial charge in [0.1, 0.15) is 6.07 Å². The highest BCUT2D eigenvalue weighted by atomic mass is 35.5. The maximum Gasteiger partial charge on any atom is 0.434 e. The van der Waals surface area contributed by atoms with Gasteiger partial charge in [0, 0.05) is 10.7 Å². The van der Waals surface area contributed by atoms with Crippen molar-refractivity contribution in [2.75, 3.05) is 5.32 Å². The molecule has 0 unspecified atom stereocenters. The molecule has 0 saturated heterocycles. The topological polar surface area (TPSA) is 70.7 Å². The van der Waals surface area contributed by atoms with Gasteiger partial charge in [-0.15, -0.1) is 0 Å². The number of anilines is 1. The molecule has 0 aliphatic heterocycles. The van der Waals surface area contributed by atoms with E-state index in [1.165, 1.54) is 42.5 Å². The summed E-state index contributed by atoms with van der Waals surface area (Å²) in [5.74, 6) is -1.03. The van der Waals surface area contributed by atoms with E-state index in [-0.39, 0.29) is 22.0 Å². The van der Waals surface area contributed by atoms with Crippen molar-refractivity contribution in [1.29, 1.82) is 5.26 Å². The minimum atomic E-state index is -4.85. The van der Waals surface area contributed by atoms with Crippen molar-refractivity contribution in [3.05, 3.63) is 75.5 Å². The molecule has 3 aromatic rings. The summed E-state index contributed by atoms with van der Waals surface area (Å²) in [6.45, 7) is 0. The number of halogens is 5. The van der Waals surface area contributed by atoms with Gasteiger partial charge in [0.15, 0.2) is 5.69 Å². The van der Waals surface area contributed by atoms with Crippen LogP contribution in [0, 0.1) is 11.3 Å². The Kier molecular flexibility index (Phi) is 5.31. The van der Waals surface area contributed by atoms with E-state index < -0.39 is 23.3 Å². The number of nitrogens with one attached hydrogen (secondary N) is 1. The minimum Gasteiger partial charge on any atom is -0.322 e. The first-order valence-corrected chi connectivity index (χ1v) is 8.38. The van der Waals surface area contributed by atoms with Crippen LogP contribution in [0.1, 0.15) is 21.6 Å². The third-order valence-electron chi connectivity index (χ3n) is 3.70. The molecule has 1 heterocycles. The quantitative estimate of drug-likeness (QED) is 0.618. The molecule has 1 amide bonds. The zero-order chi connectivity index (χ0) is 20.5. The van der Waals surface area contributed by atoms with Gasteiger partial charge in [-0.05, 0) is 42.5 Å². The van der Waals surface area contributed by atoms with E-state index >= 15 is 0 Å². The predicted molar refractivity (Wildman–Crippen MR) is 97.7 cm³/mol. The molecule has 1 N–H and O–H groups in total. The molecule has 0 aliphatic carbocycles.